The fourth-order valence-corrected chi connectivity index (χ4v) is 2.27. The molecule has 96 valence electrons. The van der Waals surface area contributed by atoms with Crippen molar-refractivity contribution < 1.29 is 14.9 Å². The number of ether oxygens (including phenoxy) is 1. The van der Waals surface area contributed by atoms with Gasteiger partial charge in [-0.1, -0.05) is 16.8 Å². The maximum Gasteiger partial charge on any atom is 0.158 e. The smallest absolute Gasteiger partial charge is 0.158 e. The summed E-state index contributed by atoms with van der Waals surface area (Å²) < 4.78 is 7.06. The van der Waals surface area contributed by atoms with Crippen LogP contribution in [0, 0.1) is 0 Å². The summed E-state index contributed by atoms with van der Waals surface area (Å²) in [5.41, 5.74) is 1.18. The Labute approximate surface area is 107 Å². The molecule has 0 bridgehead atoms. The first-order chi connectivity index (χ1) is 8.70. The average Bonchev–Trinajstić information content (AvgIpc) is 2.93. The molecule has 0 aromatic carbocycles. The number of nitrogens with zero attached hydrogens (tertiary/aromatic N) is 4. The molecule has 1 saturated heterocycles. The summed E-state index contributed by atoms with van der Waals surface area (Å²) in [6.45, 7) is -0.230. The van der Waals surface area contributed by atoms with Gasteiger partial charge in [-0.25, -0.2) is 9.67 Å². The highest BCUT2D eigenvalue weighted by atomic mass is 35.5. The van der Waals surface area contributed by atoms with Crippen molar-refractivity contribution in [3.05, 3.63) is 17.4 Å². The van der Waals surface area contributed by atoms with Gasteiger partial charge >= 0.3 is 0 Å². The minimum atomic E-state index is -0.712. The normalized spacial score (nSPS) is 28.1. The fraction of sp³-hybridized carbons (Fsp3) is 0.500. The van der Waals surface area contributed by atoms with Gasteiger partial charge in [-0.3, -0.25) is 0 Å². The van der Waals surface area contributed by atoms with E-state index in [9.17, 15) is 5.11 Å². The molecule has 3 rings (SSSR count). The number of fused-ring (bicyclic) bond motifs is 1. The molecule has 8 heteroatoms. The van der Waals surface area contributed by atoms with Crippen molar-refractivity contribution >= 4 is 22.6 Å². The van der Waals surface area contributed by atoms with Crippen LogP contribution in [-0.4, -0.2) is 49.0 Å². The lowest BCUT2D eigenvalue weighted by Gasteiger charge is -2.12. The summed E-state index contributed by atoms with van der Waals surface area (Å²) in [6.07, 6.45) is 0.145. The second kappa shape index (κ2) is 4.43. The fourth-order valence-electron chi connectivity index (χ4n) is 2.08. The van der Waals surface area contributed by atoms with E-state index in [2.05, 4.69) is 15.3 Å². The highest BCUT2D eigenvalue weighted by Crippen LogP contribution is 2.30. The zero-order valence-corrected chi connectivity index (χ0v) is 10.0. The molecule has 1 fully saturated rings. The largest absolute Gasteiger partial charge is 0.394 e. The van der Waals surface area contributed by atoms with Crippen molar-refractivity contribution in [2.75, 3.05) is 6.61 Å². The van der Waals surface area contributed by atoms with E-state index >= 15 is 0 Å². The Morgan fingerprint density at radius 1 is 1.56 bits per heavy atom. The Morgan fingerprint density at radius 2 is 2.39 bits per heavy atom. The molecule has 3 heterocycles. The summed E-state index contributed by atoms with van der Waals surface area (Å²) in [7, 11) is 0. The van der Waals surface area contributed by atoms with E-state index in [1.807, 2.05) is 0 Å². The summed E-state index contributed by atoms with van der Waals surface area (Å²) >= 11 is 5.90. The molecule has 7 nitrogen and oxygen atoms in total. The van der Waals surface area contributed by atoms with Gasteiger partial charge in [-0.2, -0.15) is 0 Å². The van der Waals surface area contributed by atoms with E-state index < -0.39 is 18.4 Å². The lowest BCUT2D eigenvalue weighted by atomic mass is 10.2. The summed E-state index contributed by atoms with van der Waals surface area (Å²) in [5, 5.41) is 26.9. The lowest BCUT2D eigenvalue weighted by molar-refractivity contribution is -0.0474. The Kier molecular flexibility index (Phi) is 2.90. The third-order valence-electron chi connectivity index (χ3n) is 3.00. The van der Waals surface area contributed by atoms with Crippen LogP contribution in [0.5, 0.6) is 0 Å². The molecule has 2 aromatic rings. The molecule has 18 heavy (non-hydrogen) atoms. The number of pyridine rings is 1. The minimum absolute atomic E-state index is 0.230. The highest BCUT2D eigenvalue weighted by molar-refractivity contribution is 6.33. The first-order valence-electron chi connectivity index (χ1n) is 5.50. The molecule has 3 atom stereocenters. The van der Waals surface area contributed by atoms with E-state index in [1.165, 1.54) is 0 Å². The molecule has 0 amide bonds. The number of hydrogen-bond donors (Lipinski definition) is 2. The van der Waals surface area contributed by atoms with Crippen LogP contribution in [0.1, 0.15) is 12.6 Å². The number of aromatic nitrogens is 4. The topological polar surface area (TPSA) is 93.3 Å². The van der Waals surface area contributed by atoms with Crippen molar-refractivity contribution in [3.63, 3.8) is 0 Å². The average molecular weight is 271 g/mol. The number of aliphatic hydroxyl groups excluding tert-OH is 2. The van der Waals surface area contributed by atoms with Crippen molar-refractivity contribution in [2.45, 2.75) is 24.9 Å². The van der Waals surface area contributed by atoms with Gasteiger partial charge < -0.3 is 14.9 Å². The summed E-state index contributed by atoms with van der Waals surface area (Å²) in [6, 6.07) is 1.73. The molecule has 0 unspecified atom stereocenters. The second-order valence-electron chi connectivity index (χ2n) is 4.12. The van der Waals surface area contributed by atoms with Crippen LogP contribution in [0.25, 0.3) is 11.0 Å². The molecule has 0 radical (unpaired) electrons. The number of hydrogen-bond acceptors (Lipinski definition) is 6. The third-order valence-corrected chi connectivity index (χ3v) is 3.28. The van der Waals surface area contributed by atoms with Crippen molar-refractivity contribution in [2.24, 2.45) is 0 Å². The molecular weight excluding hydrogens is 260 g/mol. The van der Waals surface area contributed by atoms with Gasteiger partial charge in [-0.05, 0) is 6.07 Å². The van der Waals surface area contributed by atoms with Gasteiger partial charge in [0, 0.05) is 12.6 Å². The van der Waals surface area contributed by atoms with Gasteiger partial charge in [0.1, 0.15) is 6.10 Å². The molecule has 1 aliphatic rings. The quantitative estimate of drug-likeness (QED) is 0.753. The van der Waals surface area contributed by atoms with Crippen LogP contribution >= 0.6 is 11.6 Å². The van der Waals surface area contributed by atoms with Crippen LogP contribution in [0.2, 0.25) is 5.15 Å². The van der Waals surface area contributed by atoms with Gasteiger partial charge in [-0.15, -0.1) is 5.10 Å². The van der Waals surface area contributed by atoms with E-state index in [1.54, 1.807) is 16.9 Å². The number of aliphatic hydroxyl groups is 2. The second-order valence-corrected chi connectivity index (χ2v) is 4.48. The monoisotopic (exact) mass is 270 g/mol. The minimum Gasteiger partial charge on any atom is -0.394 e. The highest BCUT2D eigenvalue weighted by Gasteiger charge is 2.35. The zero-order valence-electron chi connectivity index (χ0n) is 9.27. The van der Waals surface area contributed by atoms with Crippen LogP contribution in [0.3, 0.4) is 0 Å². The van der Waals surface area contributed by atoms with Crippen LogP contribution < -0.4 is 0 Å². The zero-order chi connectivity index (χ0) is 12.7. The van der Waals surface area contributed by atoms with Gasteiger partial charge in [0.15, 0.2) is 16.9 Å². The van der Waals surface area contributed by atoms with Crippen molar-refractivity contribution in [1.82, 2.24) is 20.0 Å². The molecule has 0 saturated carbocycles. The molecular formula is C10H11ClN4O3. The summed E-state index contributed by atoms with van der Waals surface area (Å²) in [5.74, 6) is 0. The maximum absolute atomic E-state index is 9.70. The lowest BCUT2D eigenvalue weighted by Crippen LogP contribution is -2.24. The van der Waals surface area contributed by atoms with Gasteiger partial charge in [0.2, 0.25) is 0 Å². The predicted octanol–water partition coefficient (Wildman–Crippen LogP) is 0.120. The molecule has 0 aliphatic carbocycles. The van der Waals surface area contributed by atoms with Crippen molar-refractivity contribution in [3.8, 4) is 0 Å². The van der Waals surface area contributed by atoms with Gasteiger partial charge in [0.05, 0.1) is 18.2 Å². The first kappa shape index (κ1) is 11.8. The third kappa shape index (κ3) is 1.76. The Bertz CT molecular complexity index is 575. The standard InChI is InChI=1S/C10H11ClN4O3/c11-10-9-5(1-2-12-10)15(14-13-9)8-3-6(17)7(4-16)18-8/h1-2,6-8,16-17H,3-4H2/t6-,7+,8+/m0/s1. The van der Waals surface area contributed by atoms with E-state index in [4.69, 9.17) is 21.4 Å². The SMILES string of the molecule is OC[C@H]1O[C@@H](n2nnc3c(Cl)nccc32)C[C@@H]1O. The first-order valence-corrected chi connectivity index (χ1v) is 5.88. The van der Waals surface area contributed by atoms with E-state index in [-0.39, 0.29) is 11.8 Å². The Morgan fingerprint density at radius 3 is 3.11 bits per heavy atom. The maximum atomic E-state index is 9.70. The van der Waals surface area contributed by atoms with Crippen molar-refractivity contribution in [1.29, 1.82) is 0 Å². The van der Waals surface area contributed by atoms with Crippen LogP contribution in [-0.2, 0) is 4.74 Å². The Balaban J connectivity index is 1.99. The van der Waals surface area contributed by atoms with E-state index in [0.717, 1.165) is 0 Å². The van der Waals surface area contributed by atoms with Crippen LogP contribution in [0.15, 0.2) is 12.3 Å². The molecule has 2 aromatic heterocycles. The van der Waals surface area contributed by atoms with Crippen LogP contribution in [0.4, 0.5) is 0 Å². The number of halogens is 1. The Hall–Kier alpha value is -1.28. The van der Waals surface area contributed by atoms with E-state index in [0.29, 0.717) is 17.5 Å². The number of rotatable bonds is 2. The van der Waals surface area contributed by atoms with Gasteiger partial charge in [0.25, 0.3) is 0 Å². The molecule has 2 N–H and O–H groups in total. The molecule has 0 spiro atoms. The predicted molar refractivity (Wildman–Crippen MR) is 62.0 cm³/mol. The molecule has 1 aliphatic heterocycles. The summed E-state index contributed by atoms with van der Waals surface area (Å²) in [4.78, 5) is 3.91.